The third-order valence-corrected chi connectivity index (χ3v) is 8.29. The lowest BCUT2D eigenvalue weighted by molar-refractivity contribution is -0.139. The summed E-state index contributed by atoms with van der Waals surface area (Å²) < 4.78 is 64.5. The summed E-state index contributed by atoms with van der Waals surface area (Å²) in [5.74, 6) is -0.906. The van der Waals surface area contributed by atoms with Gasteiger partial charge in [-0.3, -0.25) is 9.69 Å². The molecule has 39 heavy (non-hydrogen) atoms. The van der Waals surface area contributed by atoms with Gasteiger partial charge in [-0.15, -0.1) is 0 Å². The molecule has 0 saturated carbocycles. The molecule has 0 amide bonds. The zero-order chi connectivity index (χ0) is 28.1. The number of rotatable bonds is 5. The van der Waals surface area contributed by atoms with Crippen molar-refractivity contribution in [2.24, 2.45) is 7.05 Å². The van der Waals surface area contributed by atoms with E-state index in [9.17, 15) is 22.4 Å². The maximum absolute atomic E-state index is 13.8. The fourth-order valence-corrected chi connectivity index (χ4v) is 6.06. The molecule has 7 nitrogen and oxygen atoms in total. The first-order valence-corrected chi connectivity index (χ1v) is 13.6. The van der Waals surface area contributed by atoms with Crippen LogP contribution in [0, 0.1) is 5.82 Å². The van der Waals surface area contributed by atoms with Crippen molar-refractivity contribution < 1.29 is 22.3 Å². The number of fused-ring (bicyclic) bond motifs is 1. The number of nitrogens with zero attached hydrogens (tertiary/aromatic N) is 5. The molecule has 4 heterocycles. The Morgan fingerprint density at radius 1 is 1.18 bits per heavy atom. The second kappa shape index (κ2) is 10.6. The zero-order valence-corrected chi connectivity index (χ0v) is 22.7. The predicted molar refractivity (Wildman–Crippen MR) is 141 cm³/mol. The maximum atomic E-state index is 13.8. The number of piperazine rings is 1. The molecule has 0 radical (unpaired) electrons. The van der Waals surface area contributed by atoms with Crippen LogP contribution in [0.25, 0.3) is 11.0 Å². The molecule has 2 saturated heterocycles. The summed E-state index contributed by atoms with van der Waals surface area (Å²) in [5, 5.41) is 4.86. The first-order chi connectivity index (χ1) is 18.5. The Labute approximate surface area is 224 Å². The van der Waals surface area contributed by atoms with Gasteiger partial charge in [-0.1, -0.05) is 13.0 Å². The van der Waals surface area contributed by atoms with Crippen LogP contribution in [0.15, 0.2) is 35.3 Å². The van der Waals surface area contributed by atoms with E-state index in [0.29, 0.717) is 43.2 Å². The van der Waals surface area contributed by atoms with Gasteiger partial charge in [-0.05, 0) is 57.2 Å². The third kappa shape index (κ3) is 5.18. The van der Waals surface area contributed by atoms with E-state index in [2.05, 4.69) is 9.80 Å². The molecule has 5 rings (SSSR count). The molecule has 0 aliphatic carbocycles. The normalized spacial score (nSPS) is 23.9. The van der Waals surface area contributed by atoms with Gasteiger partial charge < -0.3 is 14.2 Å². The summed E-state index contributed by atoms with van der Waals surface area (Å²) in [5.41, 5.74) is 1.10. The van der Waals surface area contributed by atoms with Crippen molar-refractivity contribution in [3.05, 3.63) is 57.8 Å². The molecule has 212 valence electrons. The van der Waals surface area contributed by atoms with Gasteiger partial charge in [0.25, 0.3) is 5.56 Å². The van der Waals surface area contributed by atoms with E-state index in [-0.39, 0.29) is 29.4 Å². The van der Waals surface area contributed by atoms with Crippen molar-refractivity contribution in [2.45, 2.75) is 77.0 Å². The molecule has 2 unspecified atom stereocenters. The van der Waals surface area contributed by atoms with Crippen LogP contribution >= 0.6 is 0 Å². The van der Waals surface area contributed by atoms with E-state index in [1.807, 2.05) is 20.0 Å². The van der Waals surface area contributed by atoms with Crippen LogP contribution < -0.4 is 10.5 Å². The van der Waals surface area contributed by atoms with E-state index in [0.717, 1.165) is 31.0 Å². The van der Waals surface area contributed by atoms with Crippen LogP contribution in [0.1, 0.15) is 69.9 Å². The van der Waals surface area contributed by atoms with Crippen molar-refractivity contribution in [3.63, 3.8) is 0 Å². The van der Waals surface area contributed by atoms with Gasteiger partial charge in [0, 0.05) is 50.9 Å². The molecule has 2 aromatic heterocycles. The van der Waals surface area contributed by atoms with Crippen LogP contribution in [-0.2, 0) is 18.0 Å². The van der Waals surface area contributed by atoms with Gasteiger partial charge in [-0.25, -0.2) is 9.07 Å². The highest BCUT2D eigenvalue weighted by Gasteiger charge is 2.40. The summed E-state index contributed by atoms with van der Waals surface area (Å²) in [6, 6.07) is 3.73. The fraction of sp³-hybridized carbons (Fsp3) is 0.571. The number of alkyl halides is 3. The molecular weight excluding hydrogens is 514 g/mol. The summed E-state index contributed by atoms with van der Waals surface area (Å²) in [4.78, 5) is 17.2. The van der Waals surface area contributed by atoms with Gasteiger partial charge in [0.2, 0.25) is 0 Å². The van der Waals surface area contributed by atoms with Crippen molar-refractivity contribution in [2.75, 3.05) is 24.6 Å². The second-order valence-corrected chi connectivity index (χ2v) is 10.8. The molecule has 11 heteroatoms. The van der Waals surface area contributed by atoms with Gasteiger partial charge >= 0.3 is 6.18 Å². The molecule has 0 N–H and O–H groups in total. The van der Waals surface area contributed by atoms with Crippen molar-refractivity contribution in [3.8, 4) is 0 Å². The molecular formula is C28H35F4N5O2. The highest BCUT2D eigenvalue weighted by atomic mass is 19.4. The van der Waals surface area contributed by atoms with E-state index >= 15 is 0 Å². The lowest BCUT2D eigenvalue weighted by Gasteiger charge is -2.49. The van der Waals surface area contributed by atoms with E-state index in [4.69, 9.17) is 9.84 Å². The predicted octanol–water partition coefficient (Wildman–Crippen LogP) is 5.64. The molecule has 2 aliphatic heterocycles. The quantitative estimate of drug-likeness (QED) is 0.386. The number of benzene rings is 1. The van der Waals surface area contributed by atoms with Crippen LogP contribution in [0.5, 0.6) is 0 Å². The van der Waals surface area contributed by atoms with Crippen LogP contribution in [0.4, 0.5) is 23.2 Å². The Balaban J connectivity index is 1.49. The van der Waals surface area contributed by atoms with Crippen molar-refractivity contribution in [1.29, 1.82) is 0 Å². The first kappa shape index (κ1) is 27.6. The minimum atomic E-state index is -4.66. The monoisotopic (exact) mass is 549 g/mol. The highest BCUT2D eigenvalue weighted by Crippen LogP contribution is 2.39. The van der Waals surface area contributed by atoms with Gasteiger partial charge in [0.1, 0.15) is 17.6 Å². The largest absolute Gasteiger partial charge is 0.416 e. The lowest BCUT2D eigenvalue weighted by Crippen LogP contribution is -2.58. The number of hydrogen-bond acceptors (Lipinski definition) is 5. The average Bonchev–Trinajstić information content (AvgIpc) is 3.36. The van der Waals surface area contributed by atoms with E-state index in [1.54, 1.807) is 29.3 Å². The Morgan fingerprint density at radius 3 is 2.62 bits per heavy atom. The smallest absolute Gasteiger partial charge is 0.364 e. The van der Waals surface area contributed by atoms with Crippen molar-refractivity contribution >= 4 is 16.7 Å². The number of halogens is 4. The number of aryl methyl sites for hydroxylation is 1. The minimum absolute atomic E-state index is 0.0604. The molecule has 2 fully saturated rings. The number of hydrogen-bond donors (Lipinski definition) is 0. The molecule has 4 atom stereocenters. The average molecular weight is 550 g/mol. The van der Waals surface area contributed by atoms with Crippen LogP contribution in [-0.4, -0.2) is 51.0 Å². The number of ether oxygens (including phenoxy) is 1. The molecule has 0 bridgehead atoms. The van der Waals surface area contributed by atoms with Gasteiger partial charge in [0.05, 0.1) is 23.0 Å². The van der Waals surface area contributed by atoms with Crippen LogP contribution in [0.3, 0.4) is 0 Å². The SMILES string of the molecule is CC[C@@H]1CN(c2cc(=O)n(C)c3cn(C4CCCCO4)nc23)[C@@H](C)CN1C(C)c1ccc(F)cc1C(F)(F)F. The Bertz CT molecular complexity index is 1400. The summed E-state index contributed by atoms with van der Waals surface area (Å²) in [6.07, 6.45) is 0.640. The van der Waals surface area contributed by atoms with Gasteiger partial charge in [-0.2, -0.15) is 18.3 Å². The van der Waals surface area contributed by atoms with Crippen molar-refractivity contribution in [1.82, 2.24) is 19.2 Å². The number of pyridine rings is 1. The molecule has 2 aliphatic rings. The van der Waals surface area contributed by atoms with E-state index < -0.39 is 23.6 Å². The zero-order valence-electron chi connectivity index (χ0n) is 22.7. The molecule has 1 aromatic carbocycles. The topological polar surface area (TPSA) is 55.5 Å². The maximum Gasteiger partial charge on any atom is 0.416 e. The summed E-state index contributed by atoms with van der Waals surface area (Å²) >= 11 is 0. The second-order valence-electron chi connectivity index (χ2n) is 10.8. The van der Waals surface area contributed by atoms with E-state index in [1.165, 1.54) is 6.07 Å². The van der Waals surface area contributed by atoms with Gasteiger partial charge in [0.15, 0.2) is 0 Å². The Kier molecular flexibility index (Phi) is 7.49. The third-order valence-electron chi connectivity index (χ3n) is 8.29. The fourth-order valence-electron chi connectivity index (χ4n) is 6.06. The molecule has 0 spiro atoms. The number of anilines is 1. The summed E-state index contributed by atoms with van der Waals surface area (Å²) in [7, 11) is 1.72. The molecule has 3 aromatic rings. The standard InChI is InChI=1S/C28H35F4N5O2/c1-5-20-15-35(17(2)14-36(20)18(3)21-10-9-19(29)12-22(21)28(30,31)32)23-13-25(38)34(4)24-16-37(33-27(23)24)26-8-6-7-11-39-26/h9-10,12-13,16-18,20,26H,5-8,11,14-15H2,1-4H3/t17-,18?,20+,26?/m0/s1. The Morgan fingerprint density at radius 2 is 1.95 bits per heavy atom. The highest BCUT2D eigenvalue weighted by molar-refractivity contribution is 5.88. The lowest BCUT2D eigenvalue weighted by atomic mass is 9.95. The Hall–Kier alpha value is -2.92. The first-order valence-electron chi connectivity index (χ1n) is 13.6. The number of aromatic nitrogens is 3. The minimum Gasteiger partial charge on any atom is -0.364 e. The summed E-state index contributed by atoms with van der Waals surface area (Å²) in [6.45, 7) is 7.41. The van der Waals surface area contributed by atoms with Crippen LogP contribution in [0.2, 0.25) is 0 Å².